The quantitative estimate of drug-likeness (QED) is 0.646. The maximum absolute atomic E-state index is 5.77. The van der Waals surface area contributed by atoms with E-state index in [0.29, 0.717) is 0 Å². The first kappa shape index (κ1) is 10.1. The fraction of sp³-hybridized carbons (Fsp3) is 0.800. The van der Waals surface area contributed by atoms with Gasteiger partial charge in [-0.1, -0.05) is 24.6 Å². The van der Waals surface area contributed by atoms with E-state index in [4.69, 9.17) is 16.3 Å². The van der Waals surface area contributed by atoms with Crippen molar-refractivity contribution in [2.24, 2.45) is 5.92 Å². The van der Waals surface area contributed by atoms with Crippen molar-refractivity contribution in [3.8, 4) is 0 Å². The Kier molecular flexibility index (Phi) is 3.60. The minimum Gasteiger partial charge on any atom is -0.375 e. The molecule has 0 N–H and O–H groups in total. The van der Waals surface area contributed by atoms with Crippen LogP contribution < -0.4 is 0 Å². The van der Waals surface area contributed by atoms with Crippen molar-refractivity contribution in [1.82, 2.24) is 0 Å². The highest BCUT2D eigenvalue weighted by molar-refractivity contribution is 6.25. The van der Waals surface area contributed by atoms with Crippen molar-refractivity contribution in [2.75, 3.05) is 6.61 Å². The maximum Gasteiger partial charge on any atom is 0.0689 e. The molecule has 2 atom stereocenters. The van der Waals surface area contributed by atoms with Gasteiger partial charge < -0.3 is 4.74 Å². The molecule has 0 spiro atoms. The van der Waals surface area contributed by atoms with Crippen LogP contribution in [0.5, 0.6) is 0 Å². The lowest BCUT2D eigenvalue weighted by Gasteiger charge is -2.35. The first-order valence-electron chi connectivity index (χ1n) is 4.55. The van der Waals surface area contributed by atoms with Gasteiger partial charge >= 0.3 is 0 Å². The second-order valence-electron chi connectivity index (χ2n) is 3.97. The van der Waals surface area contributed by atoms with Crippen LogP contribution in [0, 0.1) is 5.92 Å². The fourth-order valence-electron chi connectivity index (χ4n) is 1.51. The molecule has 1 aliphatic heterocycles. The molecule has 1 fully saturated rings. The molecule has 2 heteroatoms. The maximum atomic E-state index is 5.77. The van der Waals surface area contributed by atoms with Crippen molar-refractivity contribution in [3.63, 3.8) is 0 Å². The third-order valence-electron chi connectivity index (χ3n) is 2.52. The summed E-state index contributed by atoms with van der Waals surface area (Å²) in [6, 6.07) is 0. The van der Waals surface area contributed by atoms with E-state index in [1.165, 1.54) is 6.42 Å². The smallest absolute Gasteiger partial charge is 0.0689 e. The van der Waals surface area contributed by atoms with Crippen LogP contribution in [-0.2, 0) is 4.74 Å². The Morgan fingerprint density at radius 2 is 2.42 bits per heavy atom. The molecule has 0 aromatic heterocycles. The lowest BCUT2D eigenvalue weighted by atomic mass is 9.89. The molecule has 0 aliphatic carbocycles. The van der Waals surface area contributed by atoms with Crippen molar-refractivity contribution in [3.05, 3.63) is 11.6 Å². The molecule has 1 nitrogen and oxygen atoms in total. The molecule has 1 rings (SSSR count). The molecule has 0 bridgehead atoms. The third-order valence-corrected chi connectivity index (χ3v) is 2.70. The Hall–Kier alpha value is -0.0100. The minimum absolute atomic E-state index is 0.0396. The van der Waals surface area contributed by atoms with Crippen LogP contribution in [0.2, 0.25) is 0 Å². The van der Waals surface area contributed by atoms with Gasteiger partial charge in [-0.25, -0.2) is 0 Å². The Morgan fingerprint density at radius 3 is 2.92 bits per heavy atom. The van der Waals surface area contributed by atoms with E-state index in [0.717, 1.165) is 25.4 Å². The van der Waals surface area contributed by atoms with Crippen LogP contribution in [0.15, 0.2) is 11.6 Å². The molecule has 1 aliphatic rings. The van der Waals surface area contributed by atoms with E-state index in [-0.39, 0.29) is 5.60 Å². The van der Waals surface area contributed by atoms with Crippen molar-refractivity contribution >= 4 is 11.6 Å². The molecule has 70 valence electrons. The average Bonchev–Trinajstić information content (AvgIpc) is 2.08. The van der Waals surface area contributed by atoms with E-state index in [1.807, 2.05) is 6.08 Å². The molecule has 0 radical (unpaired) electrons. The summed E-state index contributed by atoms with van der Waals surface area (Å²) >= 11 is 5.48. The Morgan fingerprint density at radius 1 is 1.67 bits per heavy atom. The van der Waals surface area contributed by atoms with Gasteiger partial charge in [-0.15, -0.1) is 0 Å². The van der Waals surface area contributed by atoms with Crippen LogP contribution >= 0.6 is 11.6 Å². The summed E-state index contributed by atoms with van der Waals surface area (Å²) in [6.07, 6.45) is 5.32. The SMILES string of the molecule is CC1CCC(C)(CC=CCl)OC1. The van der Waals surface area contributed by atoms with Crippen molar-refractivity contribution in [1.29, 1.82) is 0 Å². The van der Waals surface area contributed by atoms with E-state index in [9.17, 15) is 0 Å². The van der Waals surface area contributed by atoms with Gasteiger partial charge in [-0.2, -0.15) is 0 Å². The molecular weight excluding hydrogens is 172 g/mol. The molecule has 2 unspecified atom stereocenters. The molecule has 12 heavy (non-hydrogen) atoms. The number of hydrogen-bond donors (Lipinski definition) is 0. The number of hydrogen-bond acceptors (Lipinski definition) is 1. The number of rotatable bonds is 2. The van der Waals surface area contributed by atoms with Gasteiger partial charge in [-0.05, 0) is 32.1 Å². The van der Waals surface area contributed by atoms with Crippen LogP contribution in [0.25, 0.3) is 0 Å². The number of ether oxygens (including phenoxy) is 1. The van der Waals surface area contributed by atoms with Gasteiger partial charge in [0.25, 0.3) is 0 Å². The normalized spacial score (nSPS) is 37.4. The van der Waals surface area contributed by atoms with Gasteiger partial charge in [-0.3, -0.25) is 0 Å². The Balaban J connectivity index is 2.39. The standard InChI is InChI=1S/C10H17ClO/c1-9-4-6-10(2,12-8-9)5-3-7-11/h3,7,9H,4-6,8H2,1-2H3. The highest BCUT2D eigenvalue weighted by Crippen LogP contribution is 2.30. The molecule has 0 amide bonds. The van der Waals surface area contributed by atoms with Crippen LogP contribution in [0.1, 0.15) is 33.1 Å². The van der Waals surface area contributed by atoms with E-state index >= 15 is 0 Å². The van der Waals surface area contributed by atoms with Crippen molar-refractivity contribution < 1.29 is 4.74 Å². The topological polar surface area (TPSA) is 9.23 Å². The fourth-order valence-corrected chi connectivity index (χ4v) is 1.59. The summed E-state index contributed by atoms with van der Waals surface area (Å²) in [5, 5.41) is 0. The lowest BCUT2D eigenvalue weighted by Crippen LogP contribution is -2.35. The van der Waals surface area contributed by atoms with E-state index in [2.05, 4.69) is 13.8 Å². The summed E-state index contributed by atoms with van der Waals surface area (Å²) in [6.45, 7) is 5.29. The molecular formula is C10H17ClO. The second-order valence-corrected chi connectivity index (χ2v) is 4.22. The second kappa shape index (κ2) is 4.29. The van der Waals surface area contributed by atoms with Crippen molar-refractivity contribution in [2.45, 2.75) is 38.7 Å². The predicted octanol–water partition coefficient (Wildman–Crippen LogP) is 3.33. The first-order valence-corrected chi connectivity index (χ1v) is 4.99. The van der Waals surface area contributed by atoms with E-state index in [1.54, 1.807) is 5.54 Å². The van der Waals surface area contributed by atoms with Crippen LogP contribution in [0.3, 0.4) is 0 Å². The van der Waals surface area contributed by atoms with Gasteiger partial charge in [0.05, 0.1) is 5.60 Å². The molecule has 0 aromatic rings. The molecule has 0 saturated carbocycles. The number of halogens is 1. The molecule has 0 aromatic carbocycles. The zero-order chi connectivity index (χ0) is 9.03. The highest BCUT2D eigenvalue weighted by atomic mass is 35.5. The highest BCUT2D eigenvalue weighted by Gasteiger charge is 2.28. The monoisotopic (exact) mass is 188 g/mol. The minimum atomic E-state index is 0.0396. The van der Waals surface area contributed by atoms with Gasteiger partial charge in [0.2, 0.25) is 0 Å². The van der Waals surface area contributed by atoms with Gasteiger partial charge in [0.15, 0.2) is 0 Å². The molecule has 1 heterocycles. The lowest BCUT2D eigenvalue weighted by molar-refractivity contribution is -0.0830. The Labute approximate surface area is 79.7 Å². The molecule has 1 saturated heterocycles. The summed E-state index contributed by atoms with van der Waals surface area (Å²) in [4.78, 5) is 0. The van der Waals surface area contributed by atoms with E-state index < -0.39 is 0 Å². The summed E-state index contributed by atoms with van der Waals surface area (Å²) in [5.74, 6) is 0.720. The first-order chi connectivity index (χ1) is 5.66. The summed E-state index contributed by atoms with van der Waals surface area (Å²) in [7, 11) is 0. The third kappa shape index (κ3) is 2.80. The zero-order valence-electron chi connectivity index (χ0n) is 7.85. The summed E-state index contributed by atoms with van der Waals surface area (Å²) < 4.78 is 5.77. The van der Waals surface area contributed by atoms with Gasteiger partial charge in [0, 0.05) is 12.1 Å². The predicted molar refractivity (Wildman–Crippen MR) is 52.4 cm³/mol. The summed E-state index contributed by atoms with van der Waals surface area (Å²) in [5.41, 5.74) is 1.62. The zero-order valence-corrected chi connectivity index (χ0v) is 8.60. The van der Waals surface area contributed by atoms with Gasteiger partial charge in [0.1, 0.15) is 0 Å². The van der Waals surface area contributed by atoms with Crippen LogP contribution in [-0.4, -0.2) is 12.2 Å². The van der Waals surface area contributed by atoms with Crippen LogP contribution in [0.4, 0.5) is 0 Å². The largest absolute Gasteiger partial charge is 0.375 e. The Bertz CT molecular complexity index is 157. The average molecular weight is 189 g/mol.